The van der Waals surface area contributed by atoms with Crippen LogP contribution in [-0.4, -0.2) is 34.9 Å². The Labute approximate surface area is 198 Å². The maximum absolute atomic E-state index is 12.1. The Morgan fingerprint density at radius 1 is 0.735 bits per heavy atom. The lowest BCUT2D eigenvalue weighted by atomic mass is 10.1. The van der Waals surface area contributed by atoms with E-state index in [4.69, 9.17) is 8.83 Å². The highest BCUT2D eigenvalue weighted by molar-refractivity contribution is 6.35. The normalized spacial score (nSPS) is 11.6. The molecule has 0 aliphatic rings. The van der Waals surface area contributed by atoms with Gasteiger partial charge in [0.2, 0.25) is 0 Å². The lowest BCUT2D eigenvalue weighted by Gasteiger charge is -2.07. The maximum atomic E-state index is 12.1. The number of carbonyl (C=O) groups excluding carboxylic acids is 2. The van der Waals surface area contributed by atoms with Gasteiger partial charge in [0.05, 0.1) is 0 Å². The van der Waals surface area contributed by atoms with Crippen molar-refractivity contribution in [3.63, 3.8) is 0 Å². The molecule has 0 radical (unpaired) electrons. The summed E-state index contributed by atoms with van der Waals surface area (Å²) in [5.74, 6) is 0.571. The van der Waals surface area contributed by atoms with Gasteiger partial charge in [-0.05, 0) is 48.2 Å². The first-order valence-electron chi connectivity index (χ1n) is 11.6. The van der Waals surface area contributed by atoms with Crippen molar-refractivity contribution in [3.8, 4) is 0 Å². The first kappa shape index (κ1) is 23.5. The van der Waals surface area contributed by atoms with E-state index in [9.17, 15) is 9.59 Å². The van der Waals surface area contributed by atoms with E-state index >= 15 is 0 Å². The first-order valence-corrected chi connectivity index (χ1v) is 11.6. The summed E-state index contributed by atoms with van der Waals surface area (Å²) in [5, 5.41) is 5.34. The van der Waals surface area contributed by atoms with Crippen molar-refractivity contribution in [1.82, 2.24) is 20.6 Å². The van der Waals surface area contributed by atoms with Crippen LogP contribution in [0.15, 0.2) is 45.2 Å². The van der Waals surface area contributed by atoms with Crippen LogP contribution in [0.5, 0.6) is 0 Å². The van der Waals surface area contributed by atoms with Gasteiger partial charge in [-0.15, -0.1) is 0 Å². The third-order valence-corrected chi connectivity index (χ3v) is 5.53. The number of hydrogen-bond donors (Lipinski definition) is 2. The number of aromatic nitrogens is 2. The minimum atomic E-state index is -0.641. The van der Waals surface area contributed by atoms with Crippen LogP contribution >= 0.6 is 0 Å². The average molecular weight is 463 g/mol. The van der Waals surface area contributed by atoms with E-state index in [1.807, 2.05) is 64.1 Å². The summed E-state index contributed by atoms with van der Waals surface area (Å²) in [6.45, 7) is 8.84. The van der Waals surface area contributed by atoms with Gasteiger partial charge in [-0.1, -0.05) is 39.8 Å². The molecule has 34 heavy (non-hydrogen) atoms. The van der Waals surface area contributed by atoms with Crippen LogP contribution in [0.2, 0.25) is 0 Å². The molecule has 2 heterocycles. The van der Waals surface area contributed by atoms with Gasteiger partial charge in [0.25, 0.3) is 0 Å². The fourth-order valence-corrected chi connectivity index (χ4v) is 3.59. The van der Waals surface area contributed by atoms with Gasteiger partial charge in [-0.3, -0.25) is 9.59 Å². The molecule has 0 unspecified atom stereocenters. The molecule has 0 fully saturated rings. The molecule has 0 spiro atoms. The van der Waals surface area contributed by atoms with Crippen LogP contribution in [0.25, 0.3) is 22.2 Å². The second-order valence-electron chi connectivity index (χ2n) is 9.03. The fraction of sp³-hybridized carbons (Fsp3) is 0.385. The third-order valence-electron chi connectivity index (χ3n) is 5.53. The van der Waals surface area contributed by atoms with Gasteiger partial charge in [-0.25, -0.2) is 9.97 Å². The molecule has 0 atom stereocenters. The van der Waals surface area contributed by atoms with Crippen molar-refractivity contribution in [2.24, 2.45) is 0 Å². The quantitative estimate of drug-likeness (QED) is 0.379. The van der Waals surface area contributed by atoms with E-state index in [-0.39, 0.29) is 11.8 Å². The van der Waals surface area contributed by atoms with E-state index < -0.39 is 11.8 Å². The zero-order chi connectivity index (χ0) is 24.2. The van der Waals surface area contributed by atoms with Crippen LogP contribution in [0, 0.1) is 0 Å². The number of amides is 2. The Hall–Kier alpha value is -3.68. The number of rotatable bonds is 8. The van der Waals surface area contributed by atoms with Crippen LogP contribution in [-0.2, 0) is 22.4 Å². The van der Waals surface area contributed by atoms with Gasteiger partial charge in [-0.2, -0.15) is 0 Å². The van der Waals surface area contributed by atoms with E-state index in [2.05, 4.69) is 20.6 Å². The van der Waals surface area contributed by atoms with Crippen molar-refractivity contribution < 1.29 is 18.4 Å². The van der Waals surface area contributed by atoms with Crippen LogP contribution < -0.4 is 10.6 Å². The summed E-state index contributed by atoms with van der Waals surface area (Å²) in [4.78, 5) is 33.3. The molecule has 4 aromatic rings. The van der Waals surface area contributed by atoms with E-state index in [0.717, 1.165) is 33.3 Å². The van der Waals surface area contributed by atoms with Gasteiger partial charge in [0.1, 0.15) is 11.0 Å². The molecule has 8 heteroatoms. The highest BCUT2D eigenvalue weighted by Crippen LogP contribution is 2.23. The third kappa shape index (κ3) is 5.44. The van der Waals surface area contributed by atoms with Gasteiger partial charge >= 0.3 is 11.8 Å². The minimum absolute atomic E-state index is 0.219. The van der Waals surface area contributed by atoms with Crippen LogP contribution in [0.1, 0.15) is 62.4 Å². The van der Waals surface area contributed by atoms with Crippen LogP contribution in [0.3, 0.4) is 0 Å². The number of benzene rings is 2. The second-order valence-corrected chi connectivity index (χ2v) is 9.03. The first-order chi connectivity index (χ1) is 16.3. The number of nitrogens with one attached hydrogen (secondary N) is 2. The molecule has 0 saturated carbocycles. The van der Waals surface area contributed by atoms with E-state index in [1.54, 1.807) is 0 Å². The van der Waals surface area contributed by atoms with Crippen molar-refractivity contribution in [2.75, 3.05) is 13.1 Å². The maximum Gasteiger partial charge on any atom is 0.309 e. The smallest absolute Gasteiger partial charge is 0.309 e. The Morgan fingerprint density at radius 3 is 1.53 bits per heavy atom. The number of oxazole rings is 2. The molecule has 4 rings (SSSR count). The van der Waals surface area contributed by atoms with Crippen molar-refractivity contribution in [3.05, 3.63) is 59.3 Å². The molecule has 2 aromatic carbocycles. The van der Waals surface area contributed by atoms with Crippen molar-refractivity contribution in [1.29, 1.82) is 0 Å². The lowest BCUT2D eigenvalue weighted by molar-refractivity contribution is -0.139. The molecule has 2 aromatic heterocycles. The van der Waals surface area contributed by atoms with Crippen molar-refractivity contribution in [2.45, 2.75) is 52.4 Å². The lowest BCUT2D eigenvalue weighted by Crippen LogP contribution is -2.41. The highest BCUT2D eigenvalue weighted by atomic mass is 16.4. The minimum Gasteiger partial charge on any atom is -0.440 e. The molecule has 0 aliphatic carbocycles. The van der Waals surface area contributed by atoms with Crippen molar-refractivity contribution >= 4 is 34.0 Å². The van der Waals surface area contributed by atoms with Gasteiger partial charge in [0, 0.05) is 24.9 Å². The zero-order valence-corrected chi connectivity index (χ0v) is 20.0. The topological polar surface area (TPSA) is 110 Å². The number of carbonyl (C=O) groups is 2. The summed E-state index contributed by atoms with van der Waals surface area (Å²) in [7, 11) is 0. The second kappa shape index (κ2) is 10.1. The van der Waals surface area contributed by atoms with Gasteiger partial charge in [0.15, 0.2) is 22.9 Å². The largest absolute Gasteiger partial charge is 0.440 e. The Morgan fingerprint density at radius 2 is 1.15 bits per heavy atom. The predicted octanol–water partition coefficient (Wildman–Crippen LogP) is 4.23. The fourth-order valence-electron chi connectivity index (χ4n) is 3.59. The monoisotopic (exact) mass is 462 g/mol. The summed E-state index contributed by atoms with van der Waals surface area (Å²) in [6, 6.07) is 11.6. The predicted molar refractivity (Wildman–Crippen MR) is 130 cm³/mol. The Bertz CT molecular complexity index is 1220. The summed E-state index contributed by atoms with van der Waals surface area (Å²) in [5.41, 5.74) is 5.13. The molecular formula is C26H30N4O4. The molecule has 0 bridgehead atoms. The summed E-state index contributed by atoms with van der Waals surface area (Å²) < 4.78 is 11.4. The molecular weight excluding hydrogens is 432 g/mol. The Balaban J connectivity index is 1.22. The SMILES string of the molecule is CC(C)c1nc2cc(CCNC(=O)C(=O)NCCc3ccc4oc(C(C)C)nc4c3)ccc2o1. The molecule has 8 nitrogen and oxygen atoms in total. The molecule has 2 N–H and O–H groups in total. The van der Waals surface area contributed by atoms with Crippen LogP contribution in [0.4, 0.5) is 0 Å². The molecule has 0 aliphatic heterocycles. The molecule has 2 amide bonds. The van der Waals surface area contributed by atoms with E-state index in [0.29, 0.717) is 37.7 Å². The number of hydrogen-bond acceptors (Lipinski definition) is 6. The molecule has 0 saturated heterocycles. The number of nitrogens with zero attached hydrogens (tertiary/aromatic N) is 2. The summed E-state index contributed by atoms with van der Waals surface area (Å²) in [6.07, 6.45) is 1.18. The van der Waals surface area contributed by atoms with E-state index in [1.165, 1.54) is 0 Å². The molecule has 178 valence electrons. The number of fused-ring (bicyclic) bond motifs is 2. The van der Waals surface area contributed by atoms with Gasteiger partial charge < -0.3 is 19.5 Å². The summed E-state index contributed by atoms with van der Waals surface area (Å²) >= 11 is 0. The highest BCUT2D eigenvalue weighted by Gasteiger charge is 2.14. The zero-order valence-electron chi connectivity index (χ0n) is 20.0. The Kier molecular flexibility index (Phi) is 6.95. The standard InChI is InChI=1S/C26H30N4O4/c1-15(2)25-29-19-13-17(5-7-21(19)33-25)9-11-27-23(31)24(32)28-12-10-18-6-8-22-20(14-18)30-26(34-22)16(3)4/h5-8,13-16H,9-12H2,1-4H3,(H,27,31)(H,28,32). The average Bonchev–Trinajstić information content (AvgIpc) is 3.42.